The van der Waals surface area contributed by atoms with E-state index < -0.39 is 0 Å². The third-order valence-corrected chi connectivity index (χ3v) is 6.85. The molecule has 7 nitrogen and oxygen atoms in total. The molecule has 8 heteroatoms. The van der Waals surface area contributed by atoms with Gasteiger partial charge in [0.1, 0.15) is 11.1 Å². The van der Waals surface area contributed by atoms with Crippen molar-refractivity contribution in [2.45, 2.75) is 30.2 Å². The van der Waals surface area contributed by atoms with E-state index in [2.05, 4.69) is 16.3 Å². The Morgan fingerprint density at radius 3 is 2.74 bits per heavy atom. The van der Waals surface area contributed by atoms with Gasteiger partial charge in [0, 0.05) is 25.6 Å². The largest absolute Gasteiger partial charge is 0.493 e. The molecule has 1 fully saturated rings. The molecule has 3 aliphatic heterocycles. The second-order valence-electron chi connectivity index (χ2n) is 7.70. The van der Waals surface area contributed by atoms with Crippen LogP contribution in [-0.2, 0) is 11.2 Å². The molecule has 2 bridgehead atoms. The normalized spacial score (nSPS) is 14.7. The van der Waals surface area contributed by atoms with Crippen molar-refractivity contribution in [2.75, 3.05) is 44.5 Å². The van der Waals surface area contributed by atoms with Crippen LogP contribution in [0.4, 0.5) is 5.69 Å². The number of carbonyl (C=O) groups is 1. The molecule has 0 atom stereocenters. The second-order valence-corrected chi connectivity index (χ2v) is 8.66. The van der Waals surface area contributed by atoms with Crippen LogP contribution in [0.1, 0.15) is 35.6 Å². The molecule has 0 aliphatic carbocycles. The molecule has 5 rings (SSSR count). The molecule has 0 unspecified atom stereocenters. The van der Waals surface area contributed by atoms with Gasteiger partial charge in [-0.15, -0.1) is 0 Å². The summed E-state index contributed by atoms with van der Waals surface area (Å²) in [4.78, 5) is 19.5. The number of fused-ring (bicyclic) bond motifs is 2. The number of thioether (sulfide) groups is 1. The quantitative estimate of drug-likeness (QED) is 0.634. The molecule has 0 saturated carbocycles. The van der Waals surface area contributed by atoms with Crippen LogP contribution in [0.2, 0.25) is 0 Å². The molecule has 1 aromatic carbocycles. The Morgan fingerprint density at radius 1 is 1.26 bits per heavy atom. The highest BCUT2D eigenvalue weighted by molar-refractivity contribution is 8.00. The Bertz CT molecular complexity index is 1010. The first-order valence-corrected chi connectivity index (χ1v) is 11.4. The number of rotatable bonds is 8. The zero-order valence-corrected chi connectivity index (χ0v) is 18.6. The summed E-state index contributed by atoms with van der Waals surface area (Å²) in [6.45, 7) is 2.60. The average molecular weight is 439 g/mol. The number of aromatic nitrogens is 1. The second kappa shape index (κ2) is 9.48. The Morgan fingerprint density at radius 2 is 2.03 bits per heavy atom. The van der Waals surface area contributed by atoms with E-state index in [1.54, 1.807) is 14.2 Å². The number of anilines is 1. The molecule has 162 valence electrons. The average Bonchev–Trinajstić information content (AvgIpc) is 2.82. The maximum absolute atomic E-state index is 12.4. The summed E-state index contributed by atoms with van der Waals surface area (Å²) < 4.78 is 10.6. The maximum Gasteiger partial charge on any atom is 0.230 e. The molecule has 3 aliphatic rings. The number of hydrogen-bond donors (Lipinski definition) is 1. The molecule has 0 spiro atoms. The number of piperidine rings is 1. The van der Waals surface area contributed by atoms with E-state index in [4.69, 9.17) is 14.5 Å². The Labute approximate surface area is 186 Å². The van der Waals surface area contributed by atoms with Gasteiger partial charge in [-0.05, 0) is 43.0 Å². The summed E-state index contributed by atoms with van der Waals surface area (Å²) in [5.41, 5.74) is 3.80. The SMILES string of the molecule is COc1ccc(CCNC(=O)CSc2nc3c(cc2C#N)N2CCC3CC2)cc1OC. The number of methoxy groups -OCH3 is 2. The third-order valence-electron chi connectivity index (χ3n) is 5.86. The lowest BCUT2D eigenvalue weighted by atomic mass is 9.86. The first-order chi connectivity index (χ1) is 15.1. The van der Waals surface area contributed by atoms with Crippen molar-refractivity contribution in [1.29, 1.82) is 5.26 Å². The number of pyridine rings is 1. The Kier molecular flexibility index (Phi) is 6.52. The minimum absolute atomic E-state index is 0.0702. The van der Waals surface area contributed by atoms with Gasteiger partial charge >= 0.3 is 0 Å². The van der Waals surface area contributed by atoms with Crippen LogP contribution in [0.25, 0.3) is 0 Å². The minimum atomic E-state index is -0.0702. The van der Waals surface area contributed by atoms with Crippen molar-refractivity contribution in [3.05, 3.63) is 41.1 Å². The number of hydrogen-bond acceptors (Lipinski definition) is 7. The highest BCUT2D eigenvalue weighted by Gasteiger charge is 2.33. The lowest BCUT2D eigenvalue weighted by Crippen LogP contribution is -2.39. The summed E-state index contributed by atoms with van der Waals surface area (Å²) >= 11 is 1.34. The van der Waals surface area contributed by atoms with Crippen molar-refractivity contribution in [3.63, 3.8) is 0 Å². The number of nitrogens with one attached hydrogen (secondary N) is 1. The summed E-state index contributed by atoms with van der Waals surface area (Å²) in [7, 11) is 3.21. The molecule has 1 N–H and O–H groups in total. The lowest BCUT2D eigenvalue weighted by Gasteiger charge is -2.41. The summed E-state index contributed by atoms with van der Waals surface area (Å²) in [6, 6.07) is 9.94. The Hall–Kier alpha value is -2.92. The van der Waals surface area contributed by atoms with Crippen LogP contribution in [-0.4, -0.2) is 50.5 Å². The van der Waals surface area contributed by atoms with Gasteiger partial charge in [-0.1, -0.05) is 17.8 Å². The van der Waals surface area contributed by atoms with Crippen LogP contribution >= 0.6 is 11.8 Å². The number of carbonyl (C=O) groups excluding carboxylic acids is 1. The first kappa shape index (κ1) is 21.3. The number of nitriles is 1. The van der Waals surface area contributed by atoms with Gasteiger partial charge in [-0.3, -0.25) is 4.79 Å². The van der Waals surface area contributed by atoms with E-state index in [1.165, 1.54) is 11.8 Å². The Balaban J connectivity index is 1.32. The van der Waals surface area contributed by atoms with Crippen LogP contribution in [0.5, 0.6) is 11.5 Å². The molecule has 1 amide bonds. The fourth-order valence-corrected chi connectivity index (χ4v) is 5.00. The molecule has 1 aromatic heterocycles. The highest BCUT2D eigenvalue weighted by Crippen LogP contribution is 2.42. The molecule has 4 heterocycles. The zero-order chi connectivity index (χ0) is 21.8. The summed E-state index contributed by atoms with van der Waals surface area (Å²) in [6.07, 6.45) is 2.92. The van der Waals surface area contributed by atoms with Gasteiger partial charge in [0.25, 0.3) is 0 Å². The predicted octanol–water partition coefficient (Wildman–Crippen LogP) is 3.12. The van der Waals surface area contributed by atoms with Crippen molar-refractivity contribution in [1.82, 2.24) is 10.3 Å². The first-order valence-electron chi connectivity index (χ1n) is 10.4. The zero-order valence-electron chi connectivity index (χ0n) is 17.8. The maximum atomic E-state index is 12.4. The third kappa shape index (κ3) is 4.57. The molecule has 2 aromatic rings. The fraction of sp³-hybridized carbons (Fsp3) is 0.435. The van der Waals surface area contributed by atoms with E-state index in [0.717, 1.165) is 42.9 Å². The van der Waals surface area contributed by atoms with Crippen LogP contribution < -0.4 is 19.7 Å². The molecular weight excluding hydrogens is 412 g/mol. The van der Waals surface area contributed by atoms with E-state index in [-0.39, 0.29) is 11.7 Å². The smallest absolute Gasteiger partial charge is 0.230 e. The van der Waals surface area contributed by atoms with Gasteiger partial charge in [-0.2, -0.15) is 5.26 Å². The van der Waals surface area contributed by atoms with Crippen molar-refractivity contribution >= 4 is 23.4 Å². The molecular formula is C23H26N4O3S. The molecule has 1 saturated heterocycles. The highest BCUT2D eigenvalue weighted by atomic mass is 32.2. The number of ether oxygens (including phenoxy) is 2. The number of amides is 1. The van der Waals surface area contributed by atoms with Gasteiger partial charge < -0.3 is 19.7 Å². The van der Waals surface area contributed by atoms with Gasteiger partial charge in [-0.25, -0.2) is 4.98 Å². The van der Waals surface area contributed by atoms with E-state index in [1.807, 2.05) is 24.3 Å². The topological polar surface area (TPSA) is 87.5 Å². The van der Waals surface area contributed by atoms with Crippen molar-refractivity contribution < 1.29 is 14.3 Å². The van der Waals surface area contributed by atoms with E-state index in [9.17, 15) is 10.1 Å². The molecule has 31 heavy (non-hydrogen) atoms. The standard InChI is InChI=1S/C23H26N4O3S/c1-29-19-4-3-15(11-20(19)30-2)5-8-25-21(28)14-31-23-17(13-24)12-18-22(26-23)16-6-9-27(18)10-7-16/h3-4,11-12,16H,5-10,14H2,1-2H3,(H,25,28). The minimum Gasteiger partial charge on any atom is -0.493 e. The summed E-state index contributed by atoms with van der Waals surface area (Å²) in [5, 5.41) is 13.2. The van der Waals surface area contributed by atoms with Gasteiger partial charge in [0.2, 0.25) is 5.91 Å². The van der Waals surface area contributed by atoms with Gasteiger partial charge in [0.15, 0.2) is 11.5 Å². The van der Waals surface area contributed by atoms with Crippen LogP contribution in [0.3, 0.4) is 0 Å². The van der Waals surface area contributed by atoms with Gasteiger partial charge in [0.05, 0.1) is 36.9 Å². The number of nitrogens with zero attached hydrogens (tertiary/aromatic N) is 3. The van der Waals surface area contributed by atoms with Crippen molar-refractivity contribution in [3.8, 4) is 17.6 Å². The lowest BCUT2D eigenvalue weighted by molar-refractivity contribution is -0.118. The number of benzene rings is 1. The van der Waals surface area contributed by atoms with E-state index in [0.29, 0.717) is 41.0 Å². The molecule has 0 radical (unpaired) electrons. The summed E-state index contributed by atoms with van der Waals surface area (Å²) in [5.74, 6) is 2.00. The van der Waals surface area contributed by atoms with Crippen LogP contribution in [0.15, 0.2) is 29.3 Å². The fourth-order valence-electron chi connectivity index (χ4n) is 4.20. The van der Waals surface area contributed by atoms with E-state index >= 15 is 0 Å². The van der Waals surface area contributed by atoms with Crippen molar-refractivity contribution in [2.24, 2.45) is 0 Å². The van der Waals surface area contributed by atoms with Crippen LogP contribution in [0, 0.1) is 11.3 Å². The predicted molar refractivity (Wildman–Crippen MR) is 120 cm³/mol. The monoisotopic (exact) mass is 438 g/mol.